The highest BCUT2D eigenvalue weighted by molar-refractivity contribution is 6.06. The molecule has 0 bridgehead atoms. The summed E-state index contributed by atoms with van der Waals surface area (Å²) in [7, 11) is 0. The van der Waals surface area contributed by atoms with Gasteiger partial charge in [0.1, 0.15) is 6.61 Å². The number of carbonyl (C=O) groups is 2. The molecule has 2 atom stereocenters. The van der Waals surface area contributed by atoms with E-state index in [4.69, 9.17) is 9.84 Å². The van der Waals surface area contributed by atoms with Crippen LogP contribution in [0, 0.1) is 5.92 Å². The minimum atomic E-state index is -1.74. The Bertz CT molecular complexity index is 1020. The van der Waals surface area contributed by atoms with Gasteiger partial charge in [0.05, 0.1) is 12.2 Å². The molecule has 2 amide bonds. The molecule has 1 fully saturated rings. The Kier molecular flexibility index (Phi) is 5.75. The molecule has 10 heteroatoms. The summed E-state index contributed by atoms with van der Waals surface area (Å²) in [5.74, 6) is -0.999. The minimum absolute atomic E-state index is 0.0267. The van der Waals surface area contributed by atoms with Crippen molar-refractivity contribution in [1.82, 2.24) is 15.0 Å². The first-order valence-corrected chi connectivity index (χ1v) is 10.2. The molecule has 2 aliphatic heterocycles. The maximum atomic E-state index is 12.7. The van der Waals surface area contributed by atoms with Crippen LogP contribution in [0.15, 0.2) is 36.5 Å². The third-order valence-electron chi connectivity index (χ3n) is 5.64. The van der Waals surface area contributed by atoms with Gasteiger partial charge in [-0.15, -0.1) is 5.10 Å². The zero-order valence-corrected chi connectivity index (χ0v) is 17.2. The van der Waals surface area contributed by atoms with E-state index in [1.54, 1.807) is 42.1 Å². The molecule has 0 saturated carbocycles. The fourth-order valence-electron chi connectivity index (χ4n) is 3.87. The summed E-state index contributed by atoms with van der Waals surface area (Å²) in [6.07, 6.45) is 6.14. The number of carbonyl (C=O) groups excluding carboxylic acids is 2. The van der Waals surface area contributed by atoms with Gasteiger partial charge in [-0.25, -0.2) is 4.79 Å². The number of amides is 2. The summed E-state index contributed by atoms with van der Waals surface area (Å²) in [5.41, 5.74) is 0.538. The normalized spacial score (nSPS) is 21.5. The third-order valence-corrected chi connectivity index (χ3v) is 5.64. The molecule has 1 saturated heterocycles. The SMILES string of the molecule is C[C@H](/C=C/CCn1cc(CCO)nn1)[C@@]1(O)C(=O)Nc2ccc(N3CCOC3=O)cc21. The van der Waals surface area contributed by atoms with Crippen LogP contribution in [-0.2, 0) is 28.1 Å². The van der Waals surface area contributed by atoms with E-state index in [0.717, 1.165) is 5.69 Å². The van der Waals surface area contributed by atoms with Gasteiger partial charge in [-0.05, 0) is 24.6 Å². The van der Waals surface area contributed by atoms with Crippen molar-refractivity contribution in [1.29, 1.82) is 0 Å². The Balaban J connectivity index is 1.47. The number of fused-ring (bicyclic) bond motifs is 1. The van der Waals surface area contributed by atoms with Crippen LogP contribution in [0.1, 0.15) is 24.6 Å². The molecule has 0 radical (unpaired) electrons. The molecule has 4 rings (SSSR count). The number of aliphatic hydroxyl groups is 2. The van der Waals surface area contributed by atoms with Crippen LogP contribution in [0.2, 0.25) is 0 Å². The maximum Gasteiger partial charge on any atom is 0.414 e. The fraction of sp³-hybridized carbons (Fsp3) is 0.429. The van der Waals surface area contributed by atoms with Gasteiger partial charge >= 0.3 is 6.09 Å². The average molecular weight is 427 g/mol. The second-order valence-electron chi connectivity index (χ2n) is 7.67. The molecule has 0 aliphatic carbocycles. The Morgan fingerprint density at radius 2 is 2.23 bits per heavy atom. The van der Waals surface area contributed by atoms with Crippen molar-refractivity contribution >= 4 is 23.4 Å². The van der Waals surface area contributed by atoms with E-state index >= 15 is 0 Å². The summed E-state index contributed by atoms with van der Waals surface area (Å²) < 4.78 is 6.67. The smallest absolute Gasteiger partial charge is 0.414 e. The average Bonchev–Trinajstić information content (AvgIpc) is 3.45. The molecule has 1 aromatic heterocycles. The van der Waals surface area contributed by atoms with Gasteiger partial charge in [0.25, 0.3) is 5.91 Å². The number of aromatic nitrogens is 3. The van der Waals surface area contributed by atoms with Crippen molar-refractivity contribution in [3.8, 4) is 0 Å². The van der Waals surface area contributed by atoms with E-state index in [-0.39, 0.29) is 6.61 Å². The topological polar surface area (TPSA) is 130 Å². The number of allylic oxidation sites excluding steroid dienone is 1. The zero-order chi connectivity index (χ0) is 22.0. The number of aryl methyl sites for hydroxylation is 1. The van der Waals surface area contributed by atoms with Crippen molar-refractivity contribution < 1.29 is 24.5 Å². The van der Waals surface area contributed by atoms with E-state index in [0.29, 0.717) is 49.5 Å². The Labute approximate surface area is 179 Å². The Hall–Kier alpha value is -3.24. The number of aliphatic hydroxyl groups excluding tert-OH is 1. The second kappa shape index (κ2) is 8.48. The van der Waals surface area contributed by atoms with Gasteiger partial charge in [0.15, 0.2) is 5.60 Å². The molecule has 3 heterocycles. The summed E-state index contributed by atoms with van der Waals surface area (Å²) in [6.45, 7) is 3.12. The number of hydrogen-bond acceptors (Lipinski definition) is 7. The number of cyclic esters (lactones) is 1. The molecule has 31 heavy (non-hydrogen) atoms. The van der Waals surface area contributed by atoms with Crippen molar-refractivity contribution in [3.63, 3.8) is 0 Å². The maximum absolute atomic E-state index is 12.7. The van der Waals surface area contributed by atoms with Crippen molar-refractivity contribution in [2.24, 2.45) is 5.92 Å². The molecule has 0 unspecified atom stereocenters. The van der Waals surface area contributed by atoms with Gasteiger partial charge in [0.2, 0.25) is 0 Å². The number of ether oxygens (including phenoxy) is 1. The molecular formula is C21H25N5O5. The van der Waals surface area contributed by atoms with Crippen LogP contribution in [0.4, 0.5) is 16.2 Å². The first kappa shape index (κ1) is 21.0. The lowest BCUT2D eigenvalue weighted by atomic mass is 9.82. The van der Waals surface area contributed by atoms with E-state index in [1.165, 1.54) is 4.90 Å². The van der Waals surface area contributed by atoms with Crippen LogP contribution in [-0.4, -0.2) is 57.0 Å². The van der Waals surface area contributed by atoms with Gasteiger partial charge in [0, 0.05) is 48.6 Å². The van der Waals surface area contributed by atoms with Crippen LogP contribution in [0.25, 0.3) is 0 Å². The second-order valence-corrected chi connectivity index (χ2v) is 7.67. The van der Waals surface area contributed by atoms with Crippen LogP contribution in [0.3, 0.4) is 0 Å². The van der Waals surface area contributed by atoms with E-state index < -0.39 is 23.5 Å². The van der Waals surface area contributed by atoms with Gasteiger partial charge in [-0.2, -0.15) is 0 Å². The molecule has 2 aromatic rings. The predicted molar refractivity (Wildman–Crippen MR) is 111 cm³/mol. The zero-order valence-electron chi connectivity index (χ0n) is 17.2. The number of nitrogens with one attached hydrogen (secondary N) is 1. The van der Waals surface area contributed by atoms with Crippen LogP contribution < -0.4 is 10.2 Å². The Morgan fingerprint density at radius 1 is 1.39 bits per heavy atom. The largest absolute Gasteiger partial charge is 0.447 e. The number of anilines is 2. The van der Waals surface area contributed by atoms with E-state index in [1.807, 2.05) is 6.08 Å². The Morgan fingerprint density at radius 3 is 2.97 bits per heavy atom. The highest BCUT2D eigenvalue weighted by Gasteiger charge is 2.49. The standard InChI is InChI=1S/C21H25N5O5/c1-14(4-2-3-8-25-13-15(7-10-27)23-24-25)21(30)17-12-16(26-9-11-31-20(26)29)5-6-18(17)22-19(21)28/h2,4-6,12-14,27,30H,3,7-11H2,1H3,(H,22,28)/b4-2+/t14-,21+/m1/s1. The lowest BCUT2D eigenvalue weighted by Gasteiger charge is -2.27. The highest BCUT2D eigenvalue weighted by Crippen LogP contribution is 2.43. The van der Waals surface area contributed by atoms with Gasteiger partial charge in [-0.3, -0.25) is 14.4 Å². The van der Waals surface area contributed by atoms with Crippen molar-refractivity contribution in [2.45, 2.75) is 31.9 Å². The van der Waals surface area contributed by atoms with E-state index in [9.17, 15) is 14.7 Å². The number of hydrogen-bond donors (Lipinski definition) is 3. The summed E-state index contributed by atoms with van der Waals surface area (Å²) >= 11 is 0. The van der Waals surface area contributed by atoms with Crippen LogP contribution >= 0.6 is 0 Å². The number of rotatable bonds is 8. The van der Waals surface area contributed by atoms with Gasteiger partial charge < -0.3 is 20.3 Å². The lowest BCUT2D eigenvalue weighted by Crippen LogP contribution is -2.39. The number of benzene rings is 1. The van der Waals surface area contributed by atoms with Crippen LogP contribution in [0.5, 0.6) is 0 Å². The fourth-order valence-corrected chi connectivity index (χ4v) is 3.87. The lowest BCUT2D eigenvalue weighted by molar-refractivity contribution is -0.137. The molecule has 2 aliphatic rings. The predicted octanol–water partition coefficient (Wildman–Crippen LogP) is 1.19. The van der Waals surface area contributed by atoms with E-state index in [2.05, 4.69) is 15.6 Å². The molecule has 0 spiro atoms. The van der Waals surface area contributed by atoms with Crippen molar-refractivity contribution in [2.75, 3.05) is 30.0 Å². The third kappa shape index (κ3) is 3.91. The summed E-state index contributed by atoms with van der Waals surface area (Å²) in [4.78, 5) is 26.0. The summed E-state index contributed by atoms with van der Waals surface area (Å²) in [6, 6.07) is 5.08. The molecular weight excluding hydrogens is 402 g/mol. The first-order valence-electron chi connectivity index (χ1n) is 10.2. The monoisotopic (exact) mass is 427 g/mol. The quantitative estimate of drug-likeness (QED) is 0.540. The van der Waals surface area contributed by atoms with Crippen molar-refractivity contribution in [3.05, 3.63) is 47.8 Å². The molecule has 164 valence electrons. The van der Waals surface area contributed by atoms with Gasteiger partial charge in [-0.1, -0.05) is 24.3 Å². The molecule has 3 N–H and O–H groups in total. The summed E-state index contributed by atoms with van der Waals surface area (Å²) in [5, 5.41) is 31.0. The molecule has 1 aromatic carbocycles. The highest BCUT2D eigenvalue weighted by atomic mass is 16.6. The first-order chi connectivity index (χ1) is 14.9. The number of nitrogens with zero attached hydrogens (tertiary/aromatic N) is 4. The molecule has 10 nitrogen and oxygen atoms in total. The minimum Gasteiger partial charge on any atom is -0.447 e.